The molecule has 0 fully saturated rings. The van der Waals surface area contributed by atoms with Crippen molar-refractivity contribution >= 4 is 0 Å². The van der Waals surface area contributed by atoms with E-state index in [-0.39, 0.29) is 6.04 Å². The summed E-state index contributed by atoms with van der Waals surface area (Å²) in [6.45, 7) is 4.01. The minimum Gasteiger partial charge on any atom is -0.328 e. The third-order valence-electron chi connectivity index (χ3n) is 2.96. The Morgan fingerprint density at radius 3 is 2.53 bits per heavy atom. The van der Waals surface area contributed by atoms with Crippen molar-refractivity contribution in [2.75, 3.05) is 0 Å². The molecule has 1 heterocycles. The molecule has 2 aromatic rings. The average Bonchev–Trinajstić information content (AvgIpc) is 2.36. The van der Waals surface area contributed by atoms with E-state index in [0.29, 0.717) is 0 Å². The summed E-state index contributed by atoms with van der Waals surface area (Å²) in [5.74, 6) is 0.916. The van der Waals surface area contributed by atoms with Crippen LogP contribution in [0.1, 0.15) is 29.7 Å². The fraction of sp³-hybridized carbons (Fsp3) is 0.375. The number of hydrogen-bond acceptors (Lipinski definition) is 3. The normalized spacial score (nSPS) is 12.4. The molecule has 1 atom stereocenters. The van der Waals surface area contributed by atoms with Crippen molar-refractivity contribution < 1.29 is 0 Å². The Labute approximate surface area is 114 Å². The molecule has 0 radical (unpaired) electrons. The molecule has 0 saturated carbocycles. The van der Waals surface area contributed by atoms with E-state index in [1.807, 2.05) is 26.0 Å². The van der Waals surface area contributed by atoms with Crippen LogP contribution in [0.15, 0.2) is 36.4 Å². The summed E-state index contributed by atoms with van der Waals surface area (Å²) in [6.07, 6.45) is 2.65. The predicted octanol–water partition coefficient (Wildman–Crippen LogP) is 2.46. The maximum Gasteiger partial charge on any atom is 0.129 e. The summed E-state index contributed by atoms with van der Waals surface area (Å²) < 4.78 is 0. The van der Waals surface area contributed by atoms with Crippen molar-refractivity contribution in [2.24, 2.45) is 5.73 Å². The molecule has 3 heteroatoms. The van der Waals surface area contributed by atoms with Gasteiger partial charge in [0.2, 0.25) is 0 Å². The van der Waals surface area contributed by atoms with E-state index in [0.717, 1.165) is 36.5 Å². The highest BCUT2D eigenvalue weighted by atomic mass is 14.9. The zero-order valence-corrected chi connectivity index (χ0v) is 11.6. The molecule has 3 nitrogen and oxygen atoms in total. The first kappa shape index (κ1) is 13.7. The van der Waals surface area contributed by atoms with Crippen LogP contribution in [0.2, 0.25) is 0 Å². The van der Waals surface area contributed by atoms with Crippen molar-refractivity contribution in [3.63, 3.8) is 0 Å². The zero-order chi connectivity index (χ0) is 13.7. The van der Waals surface area contributed by atoms with Gasteiger partial charge in [-0.1, -0.05) is 30.3 Å². The van der Waals surface area contributed by atoms with Crippen LogP contribution >= 0.6 is 0 Å². The van der Waals surface area contributed by atoms with Gasteiger partial charge in [0.15, 0.2) is 0 Å². The van der Waals surface area contributed by atoms with Crippen LogP contribution in [0.4, 0.5) is 0 Å². The van der Waals surface area contributed by atoms with Gasteiger partial charge >= 0.3 is 0 Å². The number of benzene rings is 1. The van der Waals surface area contributed by atoms with Crippen molar-refractivity contribution in [1.29, 1.82) is 0 Å². The largest absolute Gasteiger partial charge is 0.328 e. The molecule has 0 aliphatic heterocycles. The molecule has 0 amide bonds. The molecule has 100 valence electrons. The SMILES string of the molecule is Cc1cc(CC(C)N)nc(CCc2ccccc2)n1. The predicted molar refractivity (Wildman–Crippen MR) is 78.0 cm³/mol. The van der Waals surface area contributed by atoms with E-state index in [4.69, 9.17) is 5.73 Å². The number of aromatic nitrogens is 2. The van der Waals surface area contributed by atoms with Gasteiger partial charge in [0.25, 0.3) is 0 Å². The Kier molecular flexibility index (Phi) is 4.63. The second kappa shape index (κ2) is 6.43. The molecule has 1 aromatic heterocycles. The van der Waals surface area contributed by atoms with Crippen molar-refractivity contribution in [1.82, 2.24) is 9.97 Å². The first-order valence-electron chi connectivity index (χ1n) is 6.76. The summed E-state index contributed by atoms with van der Waals surface area (Å²) >= 11 is 0. The van der Waals surface area contributed by atoms with Crippen molar-refractivity contribution in [2.45, 2.75) is 39.2 Å². The third-order valence-corrected chi connectivity index (χ3v) is 2.96. The van der Waals surface area contributed by atoms with Crippen LogP contribution in [-0.4, -0.2) is 16.0 Å². The Morgan fingerprint density at radius 1 is 1.11 bits per heavy atom. The van der Waals surface area contributed by atoms with E-state index in [1.165, 1.54) is 5.56 Å². The molecule has 0 bridgehead atoms. The van der Waals surface area contributed by atoms with Crippen LogP contribution in [-0.2, 0) is 19.3 Å². The van der Waals surface area contributed by atoms with E-state index in [9.17, 15) is 0 Å². The molecule has 1 unspecified atom stereocenters. The monoisotopic (exact) mass is 255 g/mol. The Hall–Kier alpha value is -1.74. The highest BCUT2D eigenvalue weighted by molar-refractivity contribution is 5.17. The summed E-state index contributed by atoms with van der Waals surface area (Å²) in [5, 5.41) is 0. The molecule has 1 aromatic carbocycles. The van der Waals surface area contributed by atoms with Crippen LogP contribution < -0.4 is 5.73 Å². The van der Waals surface area contributed by atoms with Crippen molar-refractivity contribution in [3.8, 4) is 0 Å². The second-order valence-electron chi connectivity index (χ2n) is 5.08. The summed E-state index contributed by atoms with van der Waals surface area (Å²) in [4.78, 5) is 9.10. The molecule has 2 N–H and O–H groups in total. The first-order chi connectivity index (χ1) is 9.13. The van der Waals surface area contributed by atoms with Gasteiger partial charge in [0.1, 0.15) is 5.82 Å². The minimum atomic E-state index is 0.135. The highest BCUT2D eigenvalue weighted by Gasteiger charge is 2.05. The van der Waals surface area contributed by atoms with E-state index in [1.54, 1.807) is 0 Å². The minimum absolute atomic E-state index is 0.135. The van der Waals surface area contributed by atoms with Gasteiger partial charge in [-0.25, -0.2) is 9.97 Å². The fourth-order valence-corrected chi connectivity index (χ4v) is 2.15. The van der Waals surface area contributed by atoms with E-state index < -0.39 is 0 Å². The highest BCUT2D eigenvalue weighted by Crippen LogP contribution is 2.07. The Morgan fingerprint density at radius 2 is 1.84 bits per heavy atom. The topological polar surface area (TPSA) is 51.8 Å². The lowest BCUT2D eigenvalue weighted by Gasteiger charge is -2.08. The zero-order valence-electron chi connectivity index (χ0n) is 11.6. The van der Waals surface area contributed by atoms with Gasteiger partial charge in [-0.3, -0.25) is 0 Å². The molecule has 0 aliphatic rings. The number of hydrogen-bond donors (Lipinski definition) is 1. The van der Waals surface area contributed by atoms with Gasteiger partial charge in [0.05, 0.1) is 0 Å². The van der Waals surface area contributed by atoms with Gasteiger partial charge < -0.3 is 5.73 Å². The fourth-order valence-electron chi connectivity index (χ4n) is 2.15. The third kappa shape index (κ3) is 4.45. The van der Waals surface area contributed by atoms with Crippen LogP contribution in [0.3, 0.4) is 0 Å². The molecule has 0 saturated heterocycles. The quantitative estimate of drug-likeness (QED) is 0.893. The molecular weight excluding hydrogens is 234 g/mol. The second-order valence-corrected chi connectivity index (χ2v) is 5.08. The number of nitrogens with two attached hydrogens (primary N) is 1. The van der Waals surface area contributed by atoms with Crippen LogP contribution in [0.5, 0.6) is 0 Å². The maximum absolute atomic E-state index is 5.83. The first-order valence-corrected chi connectivity index (χ1v) is 6.76. The van der Waals surface area contributed by atoms with E-state index >= 15 is 0 Å². The lowest BCUT2D eigenvalue weighted by molar-refractivity contribution is 0.706. The molecular formula is C16H21N3. The summed E-state index contributed by atoms with van der Waals surface area (Å²) in [7, 11) is 0. The Bertz CT molecular complexity index is 521. The lowest BCUT2D eigenvalue weighted by Crippen LogP contribution is -2.19. The summed E-state index contributed by atoms with van der Waals surface area (Å²) in [5.41, 5.74) is 9.22. The van der Waals surface area contributed by atoms with E-state index in [2.05, 4.69) is 34.2 Å². The van der Waals surface area contributed by atoms with Gasteiger partial charge in [-0.15, -0.1) is 0 Å². The van der Waals surface area contributed by atoms with Crippen LogP contribution in [0, 0.1) is 6.92 Å². The average molecular weight is 255 g/mol. The lowest BCUT2D eigenvalue weighted by atomic mass is 10.1. The number of nitrogens with zero attached hydrogens (tertiary/aromatic N) is 2. The molecule has 19 heavy (non-hydrogen) atoms. The van der Waals surface area contributed by atoms with Gasteiger partial charge in [0, 0.05) is 30.3 Å². The standard InChI is InChI=1S/C16H21N3/c1-12(17)10-15-11-13(2)18-16(19-15)9-8-14-6-4-3-5-7-14/h3-7,11-12H,8-10,17H2,1-2H3. The molecule has 0 aliphatic carbocycles. The number of aryl methyl sites for hydroxylation is 3. The maximum atomic E-state index is 5.83. The Balaban J connectivity index is 2.05. The van der Waals surface area contributed by atoms with Gasteiger partial charge in [-0.05, 0) is 31.9 Å². The molecule has 0 spiro atoms. The number of rotatable bonds is 5. The van der Waals surface area contributed by atoms with Crippen LogP contribution in [0.25, 0.3) is 0 Å². The van der Waals surface area contributed by atoms with Gasteiger partial charge in [-0.2, -0.15) is 0 Å². The van der Waals surface area contributed by atoms with Crippen molar-refractivity contribution in [3.05, 3.63) is 59.2 Å². The summed E-state index contributed by atoms with van der Waals surface area (Å²) in [6, 6.07) is 12.6. The molecule has 2 rings (SSSR count). The smallest absolute Gasteiger partial charge is 0.129 e.